The lowest BCUT2D eigenvalue weighted by atomic mass is 9.82. The van der Waals surface area contributed by atoms with Crippen LogP contribution in [0.4, 0.5) is 5.69 Å². The van der Waals surface area contributed by atoms with Gasteiger partial charge >= 0.3 is 0 Å². The van der Waals surface area contributed by atoms with Crippen molar-refractivity contribution >= 4 is 22.5 Å². The third-order valence-corrected chi connectivity index (χ3v) is 4.88. The summed E-state index contributed by atoms with van der Waals surface area (Å²) in [5, 5.41) is 4.03. The molecular formula is C20H20N2O4. The highest BCUT2D eigenvalue weighted by Gasteiger charge is 2.34. The molecule has 1 aliphatic rings. The molecule has 134 valence electrons. The van der Waals surface area contributed by atoms with Crippen LogP contribution in [0.15, 0.2) is 36.5 Å². The van der Waals surface area contributed by atoms with Crippen molar-refractivity contribution < 1.29 is 19.0 Å². The Labute approximate surface area is 151 Å². The van der Waals surface area contributed by atoms with Crippen LogP contribution in [0.5, 0.6) is 17.2 Å². The second-order valence-electron chi connectivity index (χ2n) is 6.20. The zero-order chi connectivity index (χ0) is 18.3. The second kappa shape index (κ2) is 6.29. The Morgan fingerprint density at radius 3 is 2.58 bits per heavy atom. The predicted molar refractivity (Wildman–Crippen MR) is 99.5 cm³/mol. The molecule has 0 saturated heterocycles. The maximum absolute atomic E-state index is 12.4. The summed E-state index contributed by atoms with van der Waals surface area (Å²) in [5.41, 5.74) is 3.70. The number of methoxy groups -OCH3 is 3. The zero-order valence-electron chi connectivity index (χ0n) is 14.9. The van der Waals surface area contributed by atoms with Crippen molar-refractivity contribution in [2.24, 2.45) is 0 Å². The maximum Gasteiger partial charge on any atom is 0.225 e. The standard InChI is InChI=1S/C20H20N2O4/c1-24-16-10-15-18(20(26-3)19(16)25-2)13(9-17(23)22-15)11-5-4-6-14-12(11)7-8-21-14/h4-8,10,13,21H,9H2,1-3H3,(H,22,23)/t13-/m0/s1. The number of carbonyl (C=O) groups excluding carboxylic acids is 1. The van der Waals surface area contributed by atoms with Crippen LogP contribution in [0.25, 0.3) is 10.9 Å². The molecule has 4 rings (SSSR count). The van der Waals surface area contributed by atoms with Gasteiger partial charge in [-0.25, -0.2) is 0 Å². The highest BCUT2D eigenvalue weighted by molar-refractivity contribution is 5.98. The van der Waals surface area contributed by atoms with Crippen LogP contribution in [0, 0.1) is 0 Å². The molecule has 6 nitrogen and oxygen atoms in total. The predicted octanol–water partition coefficient (Wildman–Crippen LogP) is 3.67. The van der Waals surface area contributed by atoms with Crippen LogP contribution in [-0.2, 0) is 4.79 Å². The topological polar surface area (TPSA) is 72.6 Å². The zero-order valence-corrected chi connectivity index (χ0v) is 14.9. The molecule has 2 heterocycles. The minimum atomic E-state index is -0.145. The van der Waals surface area contributed by atoms with Gasteiger partial charge in [0.1, 0.15) is 0 Å². The van der Waals surface area contributed by atoms with E-state index in [2.05, 4.69) is 16.4 Å². The average Bonchev–Trinajstić information content (AvgIpc) is 3.14. The highest BCUT2D eigenvalue weighted by Crippen LogP contribution is 2.51. The lowest BCUT2D eigenvalue weighted by Gasteiger charge is -2.29. The maximum atomic E-state index is 12.4. The Kier molecular flexibility index (Phi) is 3.95. The minimum absolute atomic E-state index is 0.0377. The SMILES string of the molecule is COc1cc2c(c(OC)c1OC)[C@H](c1cccc3[nH]ccc13)CC(=O)N2. The Morgan fingerprint density at radius 1 is 1.04 bits per heavy atom. The molecule has 1 aliphatic heterocycles. The molecule has 0 spiro atoms. The Bertz CT molecular complexity index is 993. The molecule has 0 radical (unpaired) electrons. The van der Waals surface area contributed by atoms with Gasteiger partial charge < -0.3 is 24.5 Å². The van der Waals surface area contributed by atoms with Crippen molar-refractivity contribution in [1.29, 1.82) is 0 Å². The van der Waals surface area contributed by atoms with Crippen molar-refractivity contribution in [3.63, 3.8) is 0 Å². The highest BCUT2D eigenvalue weighted by atomic mass is 16.5. The molecule has 6 heteroatoms. The number of fused-ring (bicyclic) bond motifs is 2. The summed E-state index contributed by atoms with van der Waals surface area (Å²) in [4.78, 5) is 15.6. The molecule has 1 atom stereocenters. The van der Waals surface area contributed by atoms with E-state index in [0.29, 0.717) is 29.4 Å². The number of H-pyrrole nitrogens is 1. The van der Waals surface area contributed by atoms with E-state index < -0.39 is 0 Å². The summed E-state index contributed by atoms with van der Waals surface area (Å²) in [6.07, 6.45) is 2.24. The second-order valence-corrected chi connectivity index (χ2v) is 6.20. The molecule has 2 aromatic carbocycles. The number of amides is 1. The summed E-state index contributed by atoms with van der Waals surface area (Å²) in [6.45, 7) is 0. The van der Waals surface area contributed by atoms with Gasteiger partial charge in [-0.1, -0.05) is 12.1 Å². The molecule has 2 N–H and O–H groups in total. The van der Waals surface area contributed by atoms with Gasteiger partial charge in [0.05, 0.1) is 27.0 Å². The fraction of sp³-hybridized carbons (Fsp3) is 0.250. The molecule has 3 aromatic rings. The molecule has 1 amide bonds. The summed E-state index contributed by atoms with van der Waals surface area (Å²) in [5.74, 6) is 1.44. The van der Waals surface area contributed by atoms with Crippen LogP contribution in [0.3, 0.4) is 0 Å². The normalized spacial score (nSPS) is 16.1. The van der Waals surface area contributed by atoms with Crippen LogP contribution >= 0.6 is 0 Å². The van der Waals surface area contributed by atoms with Gasteiger partial charge in [-0.15, -0.1) is 0 Å². The Morgan fingerprint density at radius 2 is 1.85 bits per heavy atom. The number of carbonyl (C=O) groups is 1. The quantitative estimate of drug-likeness (QED) is 0.751. The number of rotatable bonds is 4. The monoisotopic (exact) mass is 352 g/mol. The Balaban J connectivity index is 2.00. The smallest absolute Gasteiger partial charge is 0.225 e. The van der Waals surface area contributed by atoms with Crippen molar-refractivity contribution in [2.45, 2.75) is 12.3 Å². The van der Waals surface area contributed by atoms with Crippen molar-refractivity contribution in [3.05, 3.63) is 47.7 Å². The van der Waals surface area contributed by atoms with E-state index in [1.807, 2.05) is 24.4 Å². The van der Waals surface area contributed by atoms with E-state index in [9.17, 15) is 4.79 Å². The fourth-order valence-corrected chi connectivity index (χ4v) is 3.80. The summed E-state index contributed by atoms with van der Waals surface area (Å²) < 4.78 is 16.7. The van der Waals surface area contributed by atoms with Crippen molar-refractivity contribution in [2.75, 3.05) is 26.6 Å². The average molecular weight is 352 g/mol. The lowest BCUT2D eigenvalue weighted by molar-refractivity contribution is -0.116. The van der Waals surface area contributed by atoms with Gasteiger partial charge in [-0.05, 0) is 17.7 Å². The van der Waals surface area contributed by atoms with Crippen LogP contribution in [-0.4, -0.2) is 32.2 Å². The van der Waals surface area contributed by atoms with Crippen molar-refractivity contribution in [1.82, 2.24) is 4.98 Å². The molecule has 0 bridgehead atoms. The van der Waals surface area contributed by atoms with E-state index in [4.69, 9.17) is 14.2 Å². The number of anilines is 1. The Hall–Kier alpha value is -3.15. The third kappa shape index (κ3) is 2.37. The number of benzene rings is 2. The van der Waals surface area contributed by atoms with E-state index >= 15 is 0 Å². The van der Waals surface area contributed by atoms with Gasteiger partial charge in [0.2, 0.25) is 11.7 Å². The number of ether oxygens (including phenoxy) is 3. The molecule has 0 saturated carbocycles. The molecular weight excluding hydrogens is 332 g/mol. The molecule has 26 heavy (non-hydrogen) atoms. The van der Waals surface area contributed by atoms with E-state index in [0.717, 1.165) is 22.0 Å². The van der Waals surface area contributed by atoms with E-state index in [1.165, 1.54) is 0 Å². The van der Waals surface area contributed by atoms with E-state index in [-0.39, 0.29) is 11.8 Å². The molecule has 0 fully saturated rings. The van der Waals surface area contributed by atoms with Crippen LogP contribution in [0.2, 0.25) is 0 Å². The van der Waals surface area contributed by atoms with Gasteiger partial charge in [0.15, 0.2) is 11.5 Å². The van der Waals surface area contributed by atoms with Gasteiger partial charge in [0.25, 0.3) is 0 Å². The number of hydrogen-bond acceptors (Lipinski definition) is 4. The molecule has 0 aliphatic carbocycles. The summed E-state index contributed by atoms with van der Waals surface area (Å²) in [7, 11) is 4.74. The first-order valence-electron chi connectivity index (χ1n) is 8.36. The van der Waals surface area contributed by atoms with E-state index in [1.54, 1.807) is 27.4 Å². The fourth-order valence-electron chi connectivity index (χ4n) is 3.80. The first-order valence-corrected chi connectivity index (χ1v) is 8.36. The number of nitrogens with one attached hydrogen (secondary N) is 2. The number of hydrogen-bond donors (Lipinski definition) is 2. The minimum Gasteiger partial charge on any atom is -0.493 e. The first kappa shape index (κ1) is 16.3. The first-order chi connectivity index (χ1) is 12.7. The summed E-state index contributed by atoms with van der Waals surface area (Å²) in [6, 6.07) is 9.89. The summed E-state index contributed by atoms with van der Waals surface area (Å²) >= 11 is 0. The largest absolute Gasteiger partial charge is 0.493 e. The van der Waals surface area contributed by atoms with Crippen LogP contribution in [0.1, 0.15) is 23.5 Å². The number of aromatic amines is 1. The van der Waals surface area contributed by atoms with Crippen molar-refractivity contribution in [3.8, 4) is 17.2 Å². The van der Waals surface area contributed by atoms with Gasteiger partial charge in [-0.3, -0.25) is 4.79 Å². The molecule has 1 aromatic heterocycles. The number of aromatic nitrogens is 1. The van der Waals surface area contributed by atoms with Gasteiger partial charge in [-0.2, -0.15) is 0 Å². The van der Waals surface area contributed by atoms with Crippen LogP contribution < -0.4 is 19.5 Å². The van der Waals surface area contributed by atoms with Gasteiger partial charge in [0, 0.05) is 41.1 Å². The molecule has 0 unspecified atom stereocenters. The lowest BCUT2D eigenvalue weighted by Crippen LogP contribution is -2.24. The third-order valence-electron chi connectivity index (χ3n) is 4.88.